The Morgan fingerprint density at radius 3 is 3.06 bits per heavy atom. The van der Waals surface area contributed by atoms with Crippen LogP contribution in [0, 0.1) is 5.92 Å². The van der Waals surface area contributed by atoms with E-state index in [-0.39, 0.29) is 6.17 Å². The third kappa shape index (κ3) is 2.31. The molecular weight excluding hydrogens is 204 g/mol. The highest BCUT2D eigenvalue weighted by Crippen LogP contribution is 2.27. The predicted molar refractivity (Wildman–Crippen MR) is 63.3 cm³/mol. The molecule has 0 saturated carbocycles. The average molecular weight is 224 g/mol. The van der Waals surface area contributed by atoms with E-state index < -0.39 is 0 Å². The van der Waals surface area contributed by atoms with E-state index in [1.165, 1.54) is 12.8 Å². The lowest BCUT2D eigenvalue weighted by atomic mass is 9.96. The Labute approximate surface area is 96.6 Å². The summed E-state index contributed by atoms with van der Waals surface area (Å²) in [7, 11) is 1.65. The first-order valence-electron chi connectivity index (χ1n) is 5.97. The van der Waals surface area contributed by atoms with Gasteiger partial charge in [-0.2, -0.15) is 0 Å². The number of aliphatic imine (C=N–C) groups is 1. The maximum atomic E-state index is 9.76. The van der Waals surface area contributed by atoms with Crippen molar-refractivity contribution in [3.63, 3.8) is 0 Å². The van der Waals surface area contributed by atoms with E-state index in [0.29, 0.717) is 24.5 Å². The van der Waals surface area contributed by atoms with E-state index >= 15 is 0 Å². The first-order valence-corrected chi connectivity index (χ1v) is 5.97. The summed E-state index contributed by atoms with van der Waals surface area (Å²) in [6, 6.07) is 0. The molecule has 0 aliphatic carbocycles. The zero-order valence-electron chi connectivity index (χ0n) is 10.0. The maximum absolute atomic E-state index is 9.76. The first kappa shape index (κ1) is 11.3. The molecule has 1 saturated heterocycles. The van der Waals surface area contributed by atoms with E-state index in [1.54, 1.807) is 7.11 Å². The summed E-state index contributed by atoms with van der Waals surface area (Å²) in [6.45, 7) is 3.18. The number of piperidine rings is 1. The van der Waals surface area contributed by atoms with Crippen LogP contribution in [-0.4, -0.2) is 35.7 Å². The molecule has 2 rings (SSSR count). The van der Waals surface area contributed by atoms with Crippen molar-refractivity contribution in [3.8, 4) is 0 Å². The summed E-state index contributed by atoms with van der Waals surface area (Å²) >= 11 is 0. The fourth-order valence-electron chi connectivity index (χ4n) is 2.40. The number of aliphatic hydroxyl groups excluding tert-OH is 1. The average Bonchev–Trinajstić information content (AvgIpc) is 2.24. The minimum absolute atomic E-state index is 0.131. The predicted octanol–water partition coefficient (Wildman–Crippen LogP) is 2.28. The molecule has 2 aliphatic rings. The van der Waals surface area contributed by atoms with Gasteiger partial charge in [-0.1, -0.05) is 6.92 Å². The zero-order valence-corrected chi connectivity index (χ0v) is 10.0. The fourth-order valence-corrected chi connectivity index (χ4v) is 2.40. The highest BCUT2D eigenvalue weighted by atomic mass is 16.5. The van der Waals surface area contributed by atoms with Gasteiger partial charge in [-0.05, 0) is 18.8 Å². The summed E-state index contributed by atoms with van der Waals surface area (Å²) in [4.78, 5) is 6.80. The molecule has 2 aliphatic heterocycles. The Hall–Kier alpha value is -1.19. The van der Waals surface area contributed by atoms with Crippen molar-refractivity contribution in [2.24, 2.45) is 10.9 Å². The molecule has 16 heavy (non-hydrogen) atoms. The Morgan fingerprint density at radius 1 is 1.50 bits per heavy atom. The zero-order chi connectivity index (χ0) is 11.5. The summed E-state index contributed by atoms with van der Waals surface area (Å²) < 4.78 is 5.26. The summed E-state index contributed by atoms with van der Waals surface area (Å²) in [5, 5.41) is 9.76. The molecule has 0 aromatic rings. The SMILES string of the molecule is COC1=NC2C(C)CCCN2C=C(O)CC1. The molecule has 0 aromatic heterocycles. The van der Waals surface area contributed by atoms with Crippen LogP contribution in [0.15, 0.2) is 17.0 Å². The Bertz CT molecular complexity index is 312. The highest BCUT2D eigenvalue weighted by Gasteiger charge is 2.28. The van der Waals surface area contributed by atoms with Gasteiger partial charge in [0.05, 0.1) is 7.11 Å². The third-order valence-electron chi connectivity index (χ3n) is 3.35. The molecule has 1 fully saturated rings. The van der Waals surface area contributed by atoms with Crippen LogP contribution in [0.3, 0.4) is 0 Å². The van der Waals surface area contributed by atoms with Crippen LogP contribution in [0.1, 0.15) is 32.6 Å². The quantitative estimate of drug-likeness (QED) is 0.686. The van der Waals surface area contributed by atoms with Crippen LogP contribution in [0.5, 0.6) is 0 Å². The summed E-state index contributed by atoms with van der Waals surface area (Å²) in [5.74, 6) is 1.70. The largest absolute Gasteiger partial charge is 0.511 e. The molecule has 0 bridgehead atoms. The number of methoxy groups -OCH3 is 1. The van der Waals surface area contributed by atoms with Gasteiger partial charge in [0.2, 0.25) is 0 Å². The molecule has 0 amide bonds. The van der Waals surface area contributed by atoms with Crippen molar-refractivity contribution in [2.45, 2.75) is 38.8 Å². The molecule has 2 atom stereocenters. The number of allylic oxidation sites excluding steroid dienone is 1. The van der Waals surface area contributed by atoms with Gasteiger partial charge >= 0.3 is 0 Å². The van der Waals surface area contributed by atoms with Crippen LogP contribution >= 0.6 is 0 Å². The second-order valence-electron chi connectivity index (χ2n) is 4.62. The van der Waals surface area contributed by atoms with Crippen molar-refractivity contribution in [3.05, 3.63) is 12.0 Å². The van der Waals surface area contributed by atoms with Gasteiger partial charge in [-0.3, -0.25) is 0 Å². The molecule has 4 heteroatoms. The van der Waals surface area contributed by atoms with Crippen LogP contribution in [0.25, 0.3) is 0 Å². The lowest BCUT2D eigenvalue weighted by molar-refractivity contribution is 0.147. The highest BCUT2D eigenvalue weighted by molar-refractivity contribution is 5.76. The molecule has 90 valence electrons. The number of aliphatic hydroxyl groups is 1. The second kappa shape index (κ2) is 4.76. The molecule has 1 N–H and O–H groups in total. The van der Waals surface area contributed by atoms with Gasteiger partial charge in [-0.15, -0.1) is 0 Å². The van der Waals surface area contributed by atoms with E-state index in [9.17, 15) is 5.11 Å². The molecule has 4 nitrogen and oxygen atoms in total. The van der Waals surface area contributed by atoms with Gasteiger partial charge in [0.15, 0.2) is 5.90 Å². The number of ether oxygens (including phenoxy) is 1. The van der Waals surface area contributed by atoms with Crippen molar-refractivity contribution in [2.75, 3.05) is 13.7 Å². The molecule has 0 spiro atoms. The number of hydrogen-bond acceptors (Lipinski definition) is 4. The standard InChI is InChI=1S/C12H20N2O2/c1-9-4-3-7-14-8-10(15)5-6-11(16-2)13-12(9)14/h8-9,12,15H,3-7H2,1-2H3. The first-order chi connectivity index (χ1) is 7.70. The number of fused-ring (bicyclic) bond motifs is 1. The van der Waals surface area contributed by atoms with Gasteiger partial charge < -0.3 is 14.7 Å². The summed E-state index contributed by atoms with van der Waals surface area (Å²) in [5.41, 5.74) is 0. The van der Waals surface area contributed by atoms with E-state index in [0.717, 1.165) is 12.4 Å². The van der Waals surface area contributed by atoms with Crippen molar-refractivity contribution in [1.29, 1.82) is 0 Å². The van der Waals surface area contributed by atoms with E-state index in [1.807, 2.05) is 6.20 Å². The topological polar surface area (TPSA) is 45.1 Å². The fraction of sp³-hybridized carbons (Fsp3) is 0.750. The number of nitrogens with zero attached hydrogens (tertiary/aromatic N) is 2. The lowest BCUT2D eigenvalue weighted by Crippen LogP contribution is -2.41. The molecule has 2 heterocycles. The normalized spacial score (nSPS) is 30.8. The van der Waals surface area contributed by atoms with Gasteiger partial charge in [-0.25, -0.2) is 4.99 Å². The van der Waals surface area contributed by atoms with Crippen LogP contribution in [0.4, 0.5) is 0 Å². The molecular formula is C12H20N2O2. The molecule has 0 aromatic carbocycles. The summed E-state index contributed by atoms with van der Waals surface area (Å²) in [6.07, 6.45) is 5.65. The molecule has 0 radical (unpaired) electrons. The monoisotopic (exact) mass is 224 g/mol. The lowest BCUT2D eigenvalue weighted by Gasteiger charge is -2.37. The number of hydrogen-bond donors (Lipinski definition) is 1. The number of rotatable bonds is 0. The van der Waals surface area contributed by atoms with Crippen molar-refractivity contribution < 1.29 is 9.84 Å². The van der Waals surface area contributed by atoms with Crippen LogP contribution in [-0.2, 0) is 4.74 Å². The third-order valence-corrected chi connectivity index (χ3v) is 3.35. The van der Waals surface area contributed by atoms with Crippen LogP contribution < -0.4 is 0 Å². The Balaban J connectivity index is 2.24. The van der Waals surface area contributed by atoms with E-state index in [2.05, 4.69) is 16.8 Å². The smallest absolute Gasteiger partial charge is 0.185 e. The Morgan fingerprint density at radius 2 is 2.31 bits per heavy atom. The second-order valence-corrected chi connectivity index (χ2v) is 4.62. The van der Waals surface area contributed by atoms with Crippen molar-refractivity contribution >= 4 is 5.90 Å². The Kier molecular flexibility index (Phi) is 3.36. The minimum atomic E-state index is 0.131. The van der Waals surface area contributed by atoms with Crippen LogP contribution in [0.2, 0.25) is 0 Å². The molecule has 2 unspecified atom stereocenters. The maximum Gasteiger partial charge on any atom is 0.185 e. The minimum Gasteiger partial charge on any atom is -0.511 e. The van der Waals surface area contributed by atoms with Gasteiger partial charge in [0, 0.05) is 25.6 Å². The van der Waals surface area contributed by atoms with Gasteiger partial charge in [0.1, 0.15) is 11.9 Å². The van der Waals surface area contributed by atoms with Gasteiger partial charge in [0.25, 0.3) is 0 Å². The van der Waals surface area contributed by atoms with E-state index in [4.69, 9.17) is 4.74 Å². The van der Waals surface area contributed by atoms with Crippen molar-refractivity contribution in [1.82, 2.24) is 4.90 Å².